The van der Waals surface area contributed by atoms with Gasteiger partial charge < -0.3 is 10.6 Å². The molecule has 0 radical (unpaired) electrons. The summed E-state index contributed by atoms with van der Waals surface area (Å²) in [6.07, 6.45) is 4.23. The molecule has 1 unspecified atom stereocenters. The highest BCUT2D eigenvalue weighted by Gasteiger charge is 2.27. The molecule has 7 heteroatoms. The molecule has 0 aromatic carbocycles. The predicted octanol–water partition coefficient (Wildman–Crippen LogP) is 2.06. The Morgan fingerprint density at radius 2 is 2.35 bits per heavy atom. The number of nitro groups is 1. The maximum atomic E-state index is 11.3. The smallest absolute Gasteiger partial charge is 0.333 e. The summed E-state index contributed by atoms with van der Waals surface area (Å²) in [7, 11) is 0. The second-order valence-corrected chi connectivity index (χ2v) is 5.30. The normalized spacial score (nSPS) is 19.6. The first kappa shape index (κ1) is 14.8. The van der Waals surface area contributed by atoms with Crippen LogP contribution >= 0.6 is 0 Å². The van der Waals surface area contributed by atoms with Gasteiger partial charge >= 0.3 is 5.69 Å². The third-order valence-corrected chi connectivity index (χ3v) is 3.60. The lowest BCUT2D eigenvalue weighted by molar-refractivity contribution is -0.384. The van der Waals surface area contributed by atoms with Crippen LogP contribution in [0.25, 0.3) is 0 Å². The summed E-state index contributed by atoms with van der Waals surface area (Å²) in [6, 6.07) is 0.225. The van der Waals surface area contributed by atoms with E-state index >= 15 is 0 Å². The largest absolute Gasteiger partial charge is 0.361 e. The zero-order valence-corrected chi connectivity index (χ0v) is 12.2. The van der Waals surface area contributed by atoms with Crippen molar-refractivity contribution < 1.29 is 4.92 Å². The van der Waals surface area contributed by atoms with E-state index < -0.39 is 0 Å². The molecule has 0 bridgehead atoms. The molecule has 2 rings (SSSR count). The first-order valence-corrected chi connectivity index (χ1v) is 7.32. The summed E-state index contributed by atoms with van der Waals surface area (Å²) < 4.78 is 1.73. The number of nitrogens with zero attached hydrogens (tertiary/aromatic N) is 3. The van der Waals surface area contributed by atoms with Crippen LogP contribution in [0.1, 0.15) is 38.3 Å². The Bertz CT molecular complexity index is 464. The van der Waals surface area contributed by atoms with Crippen molar-refractivity contribution >= 4 is 11.5 Å². The lowest BCUT2D eigenvalue weighted by Crippen LogP contribution is -2.32. The van der Waals surface area contributed by atoms with Crippen molar-refractivity contribution in [3.8, 4) is 0 Å². The number of aromatic nitrogens is 2. The van der Waals surface area contributed by atoms with Crippen LogP contribution in [0.5, 0.6) is 0 Å². The molecule has 2 N–H and O–H groups in total. The van der Waals surface area contributed by atoms with Crippen molar-refractivity contribution in [1.29, 1.82) is 0 Å². The Labute approximate surface area is 118 Å². The fourth-order valence-corrected chi connectivity index (χ4v) is 2.64. The van der Waals surface area contributed by atoms with Crippen molar-refractivity contribution in [1.82, 2.24) is 15.1 Å². The highest BCUT2D eigenvalue weighted by molar-refractivity contribution is 5.60. The molecule has 0 amide bonds. The van der Waals surface area contributed by atoms with Gasteiger partial charge in [0.25, 0.3) is 0 Å². The summed E-state index contributed by atoms with van der Waals surface area (Å²) >= 11 is 0. The van der Waals surface area contributed by atoms with E-state index in [1.165, 1.54) is 0 Å². The van der Waals surface area contributed by atoms with Crippen LogP contribution in [-0.2, 0) is 6.54 Å². The summed E-state index contributed by atoms with van der Waals surface area (Å²) in [5.74, 6) is 0.558. The molecule has 7 nitrogen and oxygen atoms in total. The quantitative estimate of drug-likeness (QED) is 0.637. The van der Waals surface area contributed by atoms with E-state index in [2.05, 4.69) is 15.7 Å². The molecule has 2 heterocycles. The summed E-state index contributed by atoms with van der Waals surface area (Å²) in [5, 5.41) is 22.3. The molecule has 1 atom stereocenters. The molecule has 1 aromatic heterocycles. The van der Waals surface area contributed by atoms with E-state index in [1.54, 1.807) is 11.6 Å². The van der Waals surface area contributed by atoms with E-state index in [0.29, 0.717) is 18.1 Å². The molecule has 0 spiro atoms. The Hall–Kier alpha value is -1.63. The second-order valence-electron chi connectivity index (χ2n) is 5.30. The van der Waals surface area contributed by atoms with Gasteiger partial charge in [-0.2, -0.15) is 5.10 Å². The maximum absolute atomic E-state index is 11.3. The highest BCUT2D eigenvalue weighted by Crippen LogP contribution is 2.29. The molecular formula is C13H23N5O2. The molecule has 1 aliphatic rings. The molecule has 1 saturated heterocycles. The average molecular weight is 281 g/mol. The average Bonchev–Trinajstić information content (AvgIpc) is 2.57. The van der Waals surface area contributed by atoms with Crippen LogP contribution in [-0.4, -0.2) is 33.8 Å². The number of aryl methyl sites for hydroxylation is 2. The van der Waals surface area contributed by atoms with Crippen molar-refractivity contribution in [2.45, 2.75) is 52.1 Å². The molecule has 0 aliphatic carbocycles. The molecule has 0 saturated carbocycles. The topological polar surface area (TPSA) is 85.0 Å². The predicted molar refractivity (Wildman–Crippen MR) is 78.0 cm³/mol. The van der Waals surface area contributed by atoms with Crippen molar-refractivity contribution in [3.05, 3.63) is 15.8 Å². The van der Waals surface area contributed by atoms with Gasteiger partial charge in [-0.15, -0.1) is 0 Å². The Balaban J connectivity index is 2.24. The molecule has 1 aromatic rings. The molecular weight excluding hydrogens is 258 g/mol. The molecule has 112 valence electrons. The lowest BCUT2D eigenvalue weighted by Gasteiger charge is -2.18. The third kappa shape index (κ3) is 3.27. The maximum Gasteiger partial charge on any atom is 0.333 e. The summed E-state index contributed by atoms with van der Waals surface area (Å²) in [6.45, 7) is 6.29. The van der Waals surface area contributed by atoms with E-state index in [9.17, 15) is 10.1 Å². The number of rotatable bonds is 5. The zero-order valence-electron chi connectivity index (χ0n) is 12.2. The van der Waals surface area contributed by atoms with Gasteiger partial charge in [-0.3, -0.25) is 10.1 Å². The van der Waals surface area contributed by atoms with E-state index in [1.807, 2.05) is 6.92 Å². The fraction of sp³-hybridized carbons (Fsp3) is 0.769. The minimum absolute atomic E-state index is 0.114. The monoisotopic (exact) mass is 281 g/mol. The highest BCUT2D eigenvalue weighted by atomic mass is 16.6. The van der Waals surface area contributed by atoms with Gasteiger partial charge in [0.15, 0.2) is 0 Å². The van der Waals surface area contributed by atoms with Gasteiger partial charge in [0.1, 0.15) is 5.69 Å². The van der Waals surface area contributed by atoms with Gasteiger partial charge in [-0.25, -0.2) is 4.68 Å². The zero-order chi connectivity index (χ0) is 14.5. The lowest BCUT2D eigenvalue weighted by atomic mass is 10.1. The van der Waals surface area contributed by atoms with Crippen LogP contribution < -0.4 is 10.6 Å². The van der Waals surface area contributed by atoms with Gasteiger partial charge in [0.05, 0.1) is 4.92 Å². The first-order chi connectivity index (χ1) is 9.63. The number of nitrogens with one attached hydrogen (secondary N) is 2. The van der Waals surface area contributed by atoms with Gasteiger partial charge in [0.2, 0.25) is 5.82 Å². The Kier molecular flexibility index (Phi) is 4.94. The fourth-order valence-electron chi connectivity index (χ4n) is 2.64. The Morgan fingerprint density at radius 3 is 3.05 bits per heavy atom. The standard InChI is InChI=1S/C13H23N5O2/c1-3-8-17-13(12(18(19)20)10(2)16-17)15-11-6-4-5-7-14-9-11/h11,14-15H,3-9H2,1-2H3. The summed E-state index contributed by atoms with van der Waals surface area (Å²) in [4.78, 5) is 10.9. The number of anilines is 1. The number of hydrogen-bond donors (Lipinski definition) is 2. The van der Waals surface area contributed by atoms with E-state index in [4.69, 9.17) is 0 Å². The minimum Gasteiger partial charge on any atom is -0.361 e. The van der Waals surface area contributed by atoms with Gasteiger partial charge in [0, 0.05) is 19.1 Å². The van der Waals surface area contributed by atoms with Crippen LogP contribution in [0.15, 0.2) is 0 Å². The van der Waals surface area contributed by atoms with Crippen LogP contribution in [0.4, 0.5) is 11.5 Å². The summed E-state index contributed by atoms with van der Waals surface area (Å²) in [5.41, 5.74) is 0.593. The van der Waals surface area contributed by atoms with Crippen molar-refractivity contribution in [2.75, 3.05) is 18.4 Å². The second kappa shape index (κ2) is 6.69. The van der Waals surface area contributed by atoms with E-state index in [-0.39, 0.29) is 16.7 Å². The van der Waals surface area contributed by atoms with Crippen LogP contribution in [0, 0.1) is 17.0 Å². The Morgan fingerprint density at radius 1 is 1.55 bits per heavy atom. The van der Waals surface area contributed by atoms with Crippen LogP contribution in [0.2, 0.25) is 0 Å². The van der Waals surface area contributed by atoms with Crippen LogP contribution in [0.3, 0.4) is 0 Å². The molecule has 1 fully saturated rings. The van der Waals surface area contributed by atoms with Gasteiger partial charge in [-0.05, 0) is 32.7 Å². The van der Waals surface area contributed by atoms with Crippen molar-refractivity contribution in [2.24, 2.45) is 0 Å². The van der Waals surface area contributed by atoms with Crippen molar-refractivity contribution in [3.63, 3.8) is 0 Å². The number of hydrogen-bond acceptors (Lipinski definition) is 5. The first-order valence-electron chi connectivity index (χ1n) is 7.32. The molecule has 20 heavy (non-hydrogen) atoms. The van der Waals surface area contributed by atoms with E-state index in [0.717, 1.165) is 38.8 Å². The molecule has 1 aliphatic heterocycles. The third-order valence-electron chi connectivity index (χ3n) is 3.60. The SMILES string of the molecule is CCCn1nc(C)c([N+](=O)[O-])c1NC1CCCCNC1. The minimum atomic E-state index is -0.332. The van der Waals surface area contributed by atoms with Gasteiger partial charge in [-0.1, -0.05) is 13.3 Å².